The predicted molar refractivity (Wildman–Crippen MR) is 141 cm³/mol. The highest BCUT2D eigenvalue weighted by atomic mass is 79.9. The number of hydrogen-bond acceptors (Lipinski definition) is 7. The molecule has 180 valence electrons. The van der Waals surface area contributed by atoms with Gasteiger partial charge in [-0.05, 0) is 60.5 Å². The summed E-state index contributed by atoms with van der Waals surface area (Å²) in [4.78, 5) is 32.9. The summed E-state index contributed by atoms with van der Waals surface area (Å²) in [5, 5.41) is 11.8. The van der Waals surface area contributed by atoms with Crippen LogP contribution in [0.3, 0.4) is 0 Å². The molecule has 9 heteroatoms. The molecule has 4 aromatic rings. The number of aliphatic hydroxyl groups excluding tert-OH is 1. The van der Waals surface area contributed by atoms with E-state index in [4.69, 9.17) is 9.47 Å². The van der Waals surface area contributed by atoms with Crippen LogP contribution in [0.1, 0.15) is 22.7 Å². The molecule has 6 rings (SSSR count). The van der Waals surface area contributed by atoms with Gasteiger partial charge >= 0.3 is 5.91 Å². The van der Waals surface area contributed by atoms with Crippen molar-refractivity contribution in [2.45, 2.75) is 13.0 Å². The highest BCUT2D eigenvalue weighted by molar-refractivity contribution is 9.10. The molecule has 0 bridgehead atoms. The number of carbonyl (C=O) groups excluding carboxylic acids is 2. The van der Waals surface area contributed by atoms with Gasteiger partial charge in [-0.15, -0.1) is 0 Å². The summed E-state index contributed by atoms with van der Waals surface area (Å²) in [6.07, 6.45) is 0. The normalized spacial score (nSPS) is 18.7. The summed E-state index contributed by atoms with van der Waals surface area (Å²) >= 11 is 4.82. The van der Waals surface area contributed by atoms with Gasteiger partial charge in [-0.25, -0.2) is 4.98 Å². The first-order valence-corrected chi connectivity index (χ1v) is 12.9. The fraction of sp³-hybridized carbons (Fsp3) is 0.148. The molecule has 1 atom stereocenters. The van der Waals surface area contributed by atoms with E-state index in [1.165, 1.54) is 16.2 Å². The molecule has 0 radical (unpaired) electrons. The molecule has 0 aliphatic carbocycles. The molecular formula is C27H19BrN2O5S. The molecule has 3 heterocycles. The van der Waals surface area contributed by atoms with Crippen LogP contribution in [0.25, 0.3) is 16.0 Å². The summed E-state index contributed by atoms with van der Waals surface area (Å²) in [6.45, 7) is 2.81. The second-order valence-corrected chi connectivity index (χ2v) is 10.5. The molecule has 1 N–H and O–H groups in total. The molecular weight excluding hydrogens is 544 g/mol. The van der Waals surface area contributed by atoms with Crippen molar-refractivity contribution in [2.24, 2.45) is 0 Å². The van der Waals surface area contributed by atoms with Gasteiger partial charge in [-0.1, -0.05) is 45.5 Å². The number of rotatable bonds is 3. The molecule has 0 spiro atoms. The van der Waals surface area contributed by atoms with Crippen molar-refractivity contribution in [3.05, 3.63) is 87.4 Å². The Balaban J connectivity index is 1.54. The zero-order chi connectivity index (χ0) is 25.0. The Morgan fingerprint density at radius 2 is 1.86 bits per heavy atom. The summed E-state index contributed by atoms with van der Waals surface area (Å²) < 4.78 is 12.9. The van der Waals surface area contributed by atoms with Gasteiger partial charge in [0.25, 0.3) is 5.78 Å². The lowest BCUT2D eigenvalue weighted by Crippen LogP contribution is -2.29. The molecule has 0 unspecified atom stereocenters. The van der Waals surface area contributed by atoms with Crippen LogP contribution < -0.4 is 14.4 Å². The SMILES string of the molecule is Cc1ccc2nc(N3C(=O)C(=O)C(=C(O)c4ccc5c(c4)OCCO5)[C@@H]3c3cccc(Br)c3)sc2c1. The number of halogens is 1. The van der Waals surface area contributed by atoms with E-state index in [2.05, 4.69) is 20.9 Å². The van der Waals surface area contributed by atoms with Gasteiger partial charge in [0.1, 0.15) is 19.0 Å². The molecule has 1 aromatic heterocycles. The maximum absolute atomic E-state index is 13.4. The van der Waals surface area contributed by atoms with E-state index in [-0.39, 0.29) is 11.3 Å². The number of aliphatic hydroxyl groups is 1. The third-order valence-electron chi connectivity index (χ3n) is 6.16. The zero-order valence-electron chi connectivity index (χ0n) is 19.0. The summed E-state index contributed by atoms with van der Waals surface area (Å²) in [7, 11) is 0. The molecule has 3 aromatic carbocycles. The number of hydrogen-bond donors (Lipinski definition) is 1. The molecule has 2 aliphatic heterocycles. The summed E-state index contributed by atoms with van der Waals surface area (Å²) in [5.41, 5.74) is 2.82. The number of nitrogens with zero attached hydrogens (tertiary/aromatic N) is 2. The first-order chi connectivity index (χ1) is 17.4. The minimum absolute atomic E-state index is 0.00906. The minimum Gasteiger partial charge on any atom is -0.507 e. The van der Waals surface area contributed by atoms with Crippen LogP contribution in [0.2, 0.25) is 0 Å². The minimum atomic E-state index is -0.864. The van der Waals surface area contributed by atoms with Crippen molar-refractivity contribution in [3.8, 4) is 11.5 Å². The van der Waals surface area contributed by atoms with Gasteiger partial charge in [-0.3, -0.25) is 14.5 Å². The van der Waals surface area contributed by atoms with Gasteiger partial charge < -0.3 is 14.6 Å². The maximum atomic E-state index is 13.4. The van der Waals surface area contributed by atoms with Crippen molar-refractivity contribution in [3.63, 3.8) is 0 Å². The maximum Gasteiger partial charge on any atom is 0.301 e. The topological polar surface area (TPSA) is 89.0 Å². The average Bonchev–Trinajstić information content (AvgIpc) is 3.41. The van der Waals surface area contributed by atoms with Gasteiger partial charge in [-0.2, -0.15) is 0 Å². The van der Waals surface area contributed by atoms with Crippen LogP contribution in [0.4, 0.5) is 5.13 Å². The zero-order valence-corrected chi connectivity index (χ0v) is 21.4. The van der Waals surface area contributed by atoms with Gasteiger partial charge in [0.05, 0.1) is 21.8 Å². The van der Waals surface area contributed by atoms with Crippen molar-refractivity contribution >= 4 is 60.1 Å². The van der Waals surface area contributed by atoms with E-state index in [1.807, 2.05) is 49.4 Å². The standard InChI is InChI=1S/C27H19BrN2O5S/c1-14-5-7-18-21(11-14)36-27(29-18)30-23(15-3-2-4-17(28)12-15)22(25(32)26(30)33)24(31)16-6-8-19-20(13-16)35-10-9-34-19/h2-8,11-13,23,31H,9-10H2,1H3/t23-/m0/s1. The van der Waals surface area contributed by atoms with Crippen molar-refractivity contribution in [1.82, 2.24) is 4.98 Å². The number of carbonyl (C=O) groups is 2. The number of amides is 1. The van der Waals surface area contributed by atoms with Crippen molar-refractivity contribution in [2.75, 3.05) is 18.1 Å². The second-order valence-electron chi connectivity index (χ2n) is 8.55. The second kappa shape index (κ2) is 8.76. The number of anilines is 1. The lowest BCUT2D eigenvalue weighted by atomic mass is 9.95. The van der Waals surface area contributed by atoms with Crippen LogP contribution in [0.5, 0.6) is 11.5 Å². The lowest BCUT2D eigenvalue weighted by Gasteiger charge is -2.23. The lowest BCUT2D eigenvalue weighted by molar-refractivity contribution is -0.132. The molecule has 36 heavy (non-hydrogen) atoms. The summed E-state index contributed by atoms with van der Waals surface area (Å²) in [6, 6.07) is 17.3. The smallest absolute Gasteiger partial charge is 0.301 e. The van der Waals surface area contributed by atoms with Crippen molar-refractivity contribution in [1.29, 1.82) is 0 Å². The number of ketones is 1. The largest absolute Gasteiger partial charge is 0.507 e. The van der Waals surface area contributed by atoms with Gasteiger partial charge in [0, 0.05) is 10.0 Å². The van der Waals surface area contributed by atoms with Crippen LogP contribution in [0.15, 0.2) is 70.7 Å². The fourth-order valence-corrected chi connectivity index (χ4v) is 6.00. The van der Waals surface area contributed by atoms with Crippen LogP contribution >= 0.6 is 27.3 Å². The number of benzene rings is 3. The Hall–Kier alpha value is -3.69. The van der Waals surface area contributed by atoms with Crippen molar-refractivity contribution < 1.29 is 24.2 Å². The summed E-state index contributed by atoms with van der Waals surface area (Å²) in [5.74, 6) is -0.765. The molecule has 1 amide bonds. The van der Waals surface area contributed by atoms with Crippen LogP contribution in [-0.2, 0) is 9.59 Å². The molecule has 2 aliphatic rings. The predicted octanol–water partition coefficient (Wildman–Crippen LogP) is 5.76. The Morgan fingerprint density at radius 1 is 1.06 bits per heavy atom. The number of Topliss-reactive ketones (excluding diaryl/α,β-unsaturated/α-hetero) is 1. The van der Waals surface area contributed by atoms with E-state index in [9.17, 15) is 14.7 Å². The fourth-order valence-electron chi connectivity index (χ4n) is 4.49. The first kappa shape index (κ1) is 22.8. The quantitative estimate of drug-likeness (QED) is 0.194. The molecule has 7 nitrogen and oxygen atoms in total. The Kier molecular flexibility index (Phi) is 5.54. The Labute approximate surface area is 218 Å². The molecule has 1 fully saturated rings. The number of fused-ring (bicyclic) bond motifs is 2. The number of thiazole rings is 1. The molecule has 0 saturated carbocycles. The van der Waals surface area contributed by atoms with Gasteiger partial charge in [0.15, 0.2) is 16.6 Å². The van der Waals surface area contributed by atoms with E-state index in [1.54, 1.807) is 18.2 Å². The Bertz CT molecular complexity index is 1590. The molecule has 1 saturated heterocycles. The monoisotopic (exact) mass is 562 g/mol. The van der Waals surface area contributed by atoms with E-state index in [0.717, 1.165) is 20.3 Å². The Morgan fingerprint density at radius 3 is 2.67 bits per heavy atom. The van der Waals surface area contributed by atoms with Crippen LogP contribution in [0, 0.1) is 6.92 Å². The number of aromatic nitrogens is 1. The van der Waals surface area contributed by atoms with Crippen LogP contribution in [-0.4, -0.2) is 35.0 Å². The highest BCUT2D eigenvalue weighted by Crippen LogP contribution is 2.45. The van der Waals surface area contributed by atoms with E-state index >= 15 is 0 Å². The first-order valence-electron chi connectivity index (χ1n) is 11.2. The number of aryl methyl sites for hydroxylation is 1. The third kappa shape index (κ3) is 3.75. The number of ether oxygens (including phenoxy) is 2. The van der Waals surface area contributed by atoms with Gasteiger partial charge in [0.2, 0.25) is 0 Å². The highest BCUT2D eigenvalue weighted by Gasteiger charge is 2.48. The van der Waals surface area contributed by atoms with E-state index in [0.29, 0.717) is 41.0 Å². The third-order valence-corrected chi connectivity index (χ3v) is 7.67. The average molecular weight is 563 g/mol. The van der Waals surface area contributed by atoms with E-state index < -0.39 is 17.7 Å².